The predicted octanol–water partition coefficient (Wildman–Crippen LogP) is 3.27. The van der Waals surface area contributed by atoms with Gasteiger partial charge in [0.15, 0.2) is 11.5 Å². The number of halogens is 1. The average molecular weight is 267 g/mol. The lowest BCUT2D eigenvalue weighted by Crippen LogP contribution is -1.99. The number of nitrogen functional groups attached to an aromatic ring is 1. The van der Waals surface area contributed by atoms with Gasteiger partial charge in [-0.2, -0.15) is 0 Å². The Kier molecular flexibility index (Phi) is 3.77. The van der Waals surface area contributed by atoms with Crippen LogP contribution in [-0.4, -0.2) is 18.2 Å². The average Bonchev–Trinajstić information content (AvgIpc) is 2.36. The van der Waals surface area contributed by atoms with Gasteiger partial charge in [-0.1, -0.05) is 11.6 Å². The largest absolute Gasteiger partial charge is 0.490 e. The van der Waals surface area contributed by atoms with Crippen LogP contribution in [0.2, 0.25) is 5.02 Å². The highest BCUT2D eigenvalue weighted by Gasteiger charge is 2.11. The fourth-order valence-electron chi connectivity index (χ4n) is 1.72. The number of nitrogens with zero attached hydrogens (tertiary/aromatic N) is 1. The highest BCUT2D eigenvalue weighted by molar-refractivity contribution is 6.37. The summed E-state index contributed by atoms with van der Waals surface area (Å²) in [7, 11) is 0. The summed E-state index contributed by atoms with van der Waals surface area (Å²) in [5, 5.41) is 1.26. The summed E-state index contributed by atoms with van der Waals surface area (Å²) in [5.41, 5.74) is 6.93. The normalized spacial score (nSPS) is 10.6. The van der Waals surface area contributed by atoms with Crippen LogP contribution in [0.4, 0.5) is 5.69 Å². The molecule has 0 atom stereocenters. The molecule has 18 heavy (non-hydrogen) atoms. The molecular weight excluding hydrogens is 252 g/mol. The number of benzene rings is 1. The van der Waals surface area contributed by atoms with Gasteiger partial charge in [0, 0.05) is 11.5 Å². The summed E-state index contributed by atoms with van der Waals surface area (Å²) in [4.78, 5) is 4.24. The molecule has 2 N–H and O–H groups in total. The van der Waals surface area contributed by atoms with Crippen molar-refractivity contribution in [2.24, 2.45) is 0 Å². The molecule has 0 aliphatic rings. The van der Waals surface area contributed by atoms with Gasteiger partial charge in [-0.15, -0.1) is 0 Å². The molecule has 5 heteroatoms. The second-order valence-electron chi connectivity index (χ2n) is 3.71. The molecule has 2 aromatic rings. The van der Waals surface area contributed by atoms with E-state index in [2.05, 4.69) is 4.98 Å². The number of aromatic nitrogens is 1. The molecule has 2 rings (SSSR count). The Labute approximate surface area is 111 Å². The Hall–Kier alpha value is -1.68. The van der Waals surface area contributed by atoms with E-state index >= 15 is 0 Å². The van der Waals surface area contributed by atoms with Gasteiger partial charge in [0.2, 0.25) is 0 Å². The molecule has 4 nitrogen and oxygen atoms in total. The van der Waals surface area contributed by atoms with Crippen molar-refractivity contribution >= 4 is 28.2 Å². The predicted molar refractivity (Wildman–Crippen MR) is 73.5 cm³/mol. The first-order valence-corrected chi connectivity index (χ1v) is 6.18. The van der Waals surface area contributed by atoms with E-state index in [1.165, 1.54) is 0 Å². The Morgan fingerprint density at radius 1 is 1.17 bits per heavy atom. The maximum atomic E-state index is 6.17. The van der Waals surface area contributed by atoms with Crippen molar-refractivity contribution in [2.75, 3.05) is 18.9 Å². The topological polar surface area (TPSA) is 57.4 Å². The second kappa shape index (κ2) is 5.31. The van der Waals surface area contributed by atoms with Gasteiger partial charge in [0.05, 0.1) is 35.6 Å². The first kappa shape index (κ1) is 12.8. The van der Waals surface area contributed by atoms with E-state index in [9.17, 15) is 0 Å². The van der Waals surface area contributed by atoms with Crippen molar-refractivity contribution in [3.8, 4) is 11.5 Å². The lowest BCUT2D eigenvalue weighted by atomic mass is 10.2. The van der Waals surface area contributed by atoms with Crippen molar-refractivity contribution in [3.05, 3.63) is 23.4 Å². The van der Waals surface area contributed by atoms with Crippen LogP contribution < -0.4 is 15.2 Å². The van der Waals surface area contributed by atoms with Gasteiger partial charge in [-0.05, 0) is 19.9 Å². The summed E-state index contributed by atoms with van der Waals surface area (Å²) in [6.45, 7) is 4.95. The minimum absolute atomic E-state index is 0.454. The minimum Gasteiger partial charge on any atom is -0.490 e. The van der Waals surface area contributed by atoms with E-state index in [0.717, 1.165) is 10.9 Å². The molecule has 0 spiro atoms. The number of fused-ring (bicyclic) bond motifs is 1. The molecule has 0 saturated carbocycles. The monoisotopic (exact) mass is 266 g/mol. The van der Waals surface area contributed by atoms with E-state index in [4.69, 9.17) is 26.8 Å². The quantitative estimate of drug-likeness (QED) is 0.923. The van der Waals surface area contributed by atoms with Crippen LogP contribution in [0.15, 0.2) is 18.3 Å². The molecule has 0 unspecified atom stereocenters. The third-order valence-corrected chi connectivity index (χ3v) is 2.92. The van der Waals surface area contributed by atoms with E-state index in [0.29, 0.717) is 35.4 Å². The summed E-state index contributed by atoms with van der Waals surface area (Å²) in [6, 6.07) is 3.63. The summed E-state index contributed by atoms with van der Waals surface area (Å²) in [5.74, 6) is 1.32. The fourth-order valence-corrected chi connectivity index (χ4v) is 1.92. The smallest absolute Gasteiger partial charge is 0.163 e. The van der Waals surface area contributed by atoms with E-state index in [-0.39, 0.29) is 0 Å². The van der Waals surface area contributed by atoms with Crippen LogP contribution in [0.1, 0.15) is 13.8 Å². The lowest BCUT2D eigenvalue weighted by molar-refractivity contribution is 0.288. The number of rotatable bonds is 4. The van der Waals surface area contributed by atoms with E-state index in [1.54, 1.807) is 6.20 Å². The van der Waals surface area contributed by atoms with Crippen LogP contribution in [0.5, 0.6) is 11.5 Å². The van der Waals surface area contributed by atoms with Crippen LogP contribution >= 0.6 is 11.6 Å². The molecular formula is C13H15ClN2O2. The molecule has 0 amide bonds. The standard InChI is InChI=1S/C13H15ClN2O2/c1-3-17-11-5-8-10(6-12(11)18-4-2)16-7-9(15)13(8)14/h5-7H,3-4,15H2,1-2H3. The summed E-state index contributed by atoms with van der Waals surface area (Å²) in [6.07, 6.45) is 1.54. The zero-order valence-electron chi connectivity index (χ0n) is 10.4. The Bertz CT molecular complexity index is 572. The van der Waals surface area contributed by atoms with E-state index < -0.39 is 0 Å². The molecule has 0 fully saturated rings. The van der Waals surface area contributed by atoms with Crippen molar-refractivity contribution in [1.29, 1.82) is 0 Å². The van der Waals surface area contributed by atoms with Crippen LogP contribution in [0.25, 0.3) is 10.9 Å². The first-order valence-electron chi connectivity index (χ1n) is 5.80. The molecule has 1 heterocycles. The van der Waals surface area contributed by atoms with E-state index in [1.807, 2.05) is 26.0 Å². The van der Waals surface area contributed by atoms with Gasteiger partial charge in [0.1, 0.15) is 0 Å². The lowest BCUT2D eigenvalue weighted by Gasteiger charge is -2.12. The number of ether oxygens (including phenoxy) is 2. The zero-order valence-corrected chi connectivity index (χ0v) is 11.1. The molecule has 0 aliphatic carbocycles. The molecule has 0 saturated heterocycles. The molecule has 1 aromatic heterocycles. The zero-order chi connectivity index (χ0) is 13.1. The molecule has 0 bridgehead atoms. The molecule has 0 radical (unpaired) electrons. The molecule has 0 aliphatic heterocycles. The van der Waals surface area contributed by atoms with Crippen molar-refractivity contribution in [3.63, 3.8) is 0 Å². The molecule has 1 aromatic carbocycles. The van der Waals surface area contributed by atoms with Gasteiger partial charge < -0.3 is 15.2 Å². The first-order chi connectivity index (χ1) is 8.67. The maximum absolute atomic E-state index is 6.17. The molecule has 96 valence electrons. The highest BCUT2D eigenvalue weighted by atomic mass is 35.5. The van der Waals surface area contributed by atoms with Crippen LogP contribution in [0, 0.1) is 0 Å². The number of hydrogen-bond acceptors (Lipinski definition) is 4. The third-order valence-electron chi connectivity index (χ3n) is 2.49. The van der Waals surface area contributed by atoms with Gasteiger partial charge >= 0.3 is 0 Å². The minimum atomic E-state index is 0.454. The second-order valence-corrected chi connectivity index (χ2v) is 4.09. The number of hydrogen-bond donors (Lipinski definition) is 1. The Balaban J connectivity index is 2.64. The van der Waals surface area contributed by atoms with Gasteiger partial charge in [-0.3, -0.25) is 4.98 Å². The number of pyridine rings is 1. The third kappa shape index (κ3) is 2.29. The maximum Gasteiger partial charge on any atom is 0.163 e. The summed E-state index contributed by atoms with van der Waals surface area (Å²) >= 11 is 6.17. The van der Waals surface area contributed by atoms with Crippen molar-refractivity contribution in [2.45, 2.75) is 13.8 Å². The van der Waals surface area contributed by atoms with Crippen LogP contribution in [-0.2, 0) is 0 Å². The van der Waals surface area contributed by atoms with Gasteiger partial charge in [0.25, 0.3) is 0 Å². The van der Waals surface area contributed by atoms with Crippen LogP contribution in [0.3, 0.4) is 0 Å². The van der Waals surface area contributed by atoms with Crippen molar-refractivity contribution in [1.82, 2.24) is 4.98 Å². The number of nitrogens with two attached hydrogens (primary N) is 1. The Morgan fingerprint density at radius 2 is 1.78 bits per heavy atom. The Morgan fingerprint density at radius 3 is 2.39 bits per heavy atom. The summed E-state index contributed by atoms with van der Waals surface area (Å²) < 4.78 is 11.1. The fraction of sp³-hybridized carbons (Fsp3) is 0.308. The SMILES string of the molecule is CCOc1cc2ncc(N)c(Cl)c2cc1OCC. The van der Waals surface area contributed by atoms with Crippen molar-refractivity contribution < 1.29 is 9.47 Å². The number of anilines is 1. The van der Waals surface area contributed by atoms with Gasteiger partial charge in [-0.25, -0.2) is 0 Å². The highest BCUT2D eigenvalue weighted by Crippen LogP contribution is 2.36.